The molecular weight excluding hydrogens is 259 g/mol. The number of carbonyl (C=O) groups excluding carboxylic acids is 1. The molecule has 2 N–H and O–H groups in total. The Balaban J connectivity index is 2.20. The van der Waals surface area contributed by atoms with Crippen LogP contribution in [-0.4, -0.2) is 17.9 Å². The van der Waals surface area contributed by atoms with Gasteiger partial charge in [0.15, 0.2) is 5.76 Å². The van der Waals surface area contributed by atoms with E-state index in [2.05, 4.69) is 0 Å². The lowest BCUT2D eigenvalue weighted by Gasteiger charge is -2.24. The molecule has 0 aliphatic heterocycles. The molecule has 1 amide bonds. The van der Waals surface area contributed by atoms with Gasteiger partial charge in [-0.05, 0) is 25.1 Å². The normalized spacial score (nSPS) is 12.2. The Morgan fingerprint density at radius 3 is 2.65 bits per heavy atom. The van der Waals surface area contributed by atoms with Crippen LogP contribution in [0.25, 0.3) is 0 Å². The number of hydrogen-bond acceptors (Lipinski definition) is 3. The SMILES string of the molecule is CC(c1ccccc1F)N(C)C(=O)c1ccc(CN)o1. The molecule has 0 aliphatic rings. The molecule has 0 aliphatic carbocycles. The molecule has 1 aromatic carbocycles. The first-order valence-corrected chi connectivity index (χ1v) is 6.35. The van der Waals surface area contributed by atoms with E-state index in [1.54, 1.807) is 44.3 Å². The standard InChI is InChI=1S/C15H17FN2O2/c1-10(12-5-3-4-6-13(12)16)18(2)15(19)14-8-7-11(9-17)20-14/h3-8,10H,9,17H2,1-2H3. The number of rotatable bonds is 4. The zero-order valence-electron chi connectivity index (χ0n) is 11.5. The summed E-state index contributed by atoms with van der Waals surface area (Å²) in [6.07, 6.45) is 0. The highest BCUT2D eigenvalue weighted by atomic mass is 19.1. The van der Waals surface area contributed by atoms with Crippen molar-refractivity contribution in [2.45, 2.75) is 19.5 Å². The van der Waals surface area contributed by atoms with E-state index in [9.17, 15) is 9.18 Å². The number of amides is 1. The molecule has 4 nitrogen and oxygen atoms in total. The van der Waals surface area contributed by atoms with E-state index in [0.717, 1.165) is 0 Å². The van der Waals surface area contributed by atoms with Gasteiger partial charge in [-0.2, -0.15) is 0 Å². The van der Waals surface area contributed by atoms with Gasteiger partial charge in [-0.3, -0.25) is 4.79 Å². The number of nitrogens with two attached hydrogens (primary N) is 1. The molecule has 5 heteroatoms. The van der Waals surface area contributed by atoms with E-state index >= 15 is 0 Å². The summed E-state index contributed by atoms with van der Waals surface area (Å²) < 4.78 is 19.1. The van der Waals surface area contributed by atoms with Crippen LogP contribution >= 0.6 is 0 Å². The van der Waals surface area contributed by atoms with Crippen molar-refractivity contribution in [1.29, 1.82) is 0 Å². The van der Waals surface area contributed by atoms with Gasteiger partial charge >= 0.3 is 0 Å². The molecule has 0 bridgehead atoms. The molecule has 1 aromatic heterocycles. The summed E-state index contributed by atoms with van der Waals surface area (Å²) >= 11 is 0. The minimum absolute atomic E-state index is 0.205. The lowest BCUT2D eigenvalue weighted by Crippen LogP contribution is -2.29. The van der Waals surface area contributed by atoms with Crippen LogP contribution in [0, 0.1) is 5.82 Å². The maximum absolute atomic E-state index is 13.7. The van der Waals surface area contributed by atoms with Crippen molar-refractivity contribution < 1.29 is 13.6 Å². The van der Waals surface area contributed by atoms with Crippen LogP contribution in [0.1, 0.15) is 34.8 Å². The summed E-state index contributed by atoms with van der Waals surface area (Å²) in [5.41, 5.74) is 5.91. The van der Waals surface area contributed by atoms with Gasteiger partial charge in [0.2, 0.25) is 0 Å². The Labute approximate surface area is 117 Å². The van der Waals surface area contributed by atoms with Crippen LogP contribution in [0.4, 0.5) is 4.39 Å². The van der Waals surface area contributed by atoms with Crippen molar-refractivity contribution in [3.8, 4) is 0 Å². The highest BCUT2D eigenvalue weighted by molar-refractivity contribution is 5.91. The number of nitrogens with zero attached hydrogens (tertiary/aromatic N) is 1. The largest absolute Gasteiger partial charge is 0.455 e. The second-order valence-corrected chi connectivity index (χ2v) is 4.58. The average Bonchev–Trinajstić information content (AvgIpc) is 2.94. The Morgan fingerprint density at radius 1 is 1.35 bits per heavy atom. The minimum Gasteiger partial charge on any atom is -0.455 e. The van der Waals surface area contributed by atoms with E-state index < -0.39 is 6.04 Å². The smallest absolute Gasteiger partial charge is 0.289 e. The van der Waals surface area contributed by atoms with E-state index in [4.69, 9.17) is 10.2 Å². The molecule has 1 heterocycles. The molecule has 0 saturated carbocycles. The topological polar surface area (TPSA) is 59.5 Å². The van der Waals surface area contributed by atoms with Gasteiger partial charge in [-0.1, -0.05) is 18.2 Å². The zero-order chi connectivity index (χ0) is 14.7. The van der Waals surface area contributed by atoms with Gasteiger partial charge in [0.1, 0.15) is 11.6 Å². The molecular formula is C15H17FN2O2. The molecule has 1 unspecified atom stereocenters. The van der Waals surface area contributed by atoms with Gasteiger partial charge in [0.05, 0.1) is 12.6 Å². The summed E-state index contributed by atoms with van der Waals surface area (Å²) in [5.74, 6) is 0.110. The highest BCUT2D eigenvalue weighted by Crippen LogP contribution is 2.23. The van der Waals surface area contributed by atoms with Crippen LogP contribution < -0.4 is 5.73 Å². The molecule has 2 rings (SSSR count). The molecule has 0 saturated heterocycles. The van der Waals surface area contributed by atoms with E-state index in [0.29, 0.717) is 11.3 Å². The summed E-state index contributed by atoms with van der Waals surface area (Å²) in [4.78, 5) is 13.7. The monoisotopic (exact) mass is 276 g/mol. The fourth-order valence-corrected chi connectivity index (χ4v) is 1.97. The molecule has 106 valence electrons. The number of benzene rings is 1. The Bertz CT molecular complexity index is 609. The highest BCUT2D eigenvalue weighted by Gasteiger charge is 2.23. The number of carbonyl (C=O) groups is 1. The first-order chi connectivity index (χ1) is 9.54. The Kier molecular flexibility index (Phi) is 4.20. The summed E-state index contributed by atoms with van der Waals surface area (Å²) in [7, 11) is 1.62. The molecule has 0 fully saturated rings. The van der Waals surface area contributed by atoms with Crippen LogP contribution in [0.3, 0.4) is 0 Å². The third-order valence-corrected chi connectivity index (χ3v) is 3.33. The number of hydrogen-bond donors (Lipinski definition) is 1. The third-order valence-electron chi connectivity index (χ3n) is 3.33. The van der Waals surface area contributed by atoms with E-state index in [1.807, 2.05) is 0 Å². The molecule has 1 atom stereocenters. The molecule has 0 radical (unpaired) electrons. The maximum atomic E-state index is 13.7. The van der Waals surface area contributed by atoms with Gasteiger partial charge in [-0.25, -0.2) is 4.39 Å². The second kappa shape index (κ2) is 5.88. The number of furan rings is 1. The molecule has 20 heavy (non-hydrogen) atoms. The lowest BCUT2D eigenvalue weighted by molar-refractivity contribution is 0.0706. The van der Waals surface area contributed by atoms with Gasteiger partial charge in [0, 0.05) is 12.6 Å². The average molecular weight is 276 g/mol. The molecule has 2 aromatic rings. The fraction of sp³-hybridized carbons (Fsp3) is 0.267. The third kappa shape index (κ3) is 2.72. The van der Waals surface area contributed by atoms with Crippen molar-refractivity contribution in [3.63, 3.8) is 0 Å². The van der Waals surface area contributed by atoms with Crippen LogP contribution in [0.2, 0.25) is 0 Å². The zero-order valence-corrected chi connectivity index (χ0v) is 11.5. The predicted molar refractivity (Wildman–Crippen MR) is 73.5 cm³/mol. The van der Waals surface area contributed by atoms with Gasteiger partial charge < -0.3 is 15.1 Å². The summed E-state index contributed by atoms with van der Waals surface area (Å²) in [6.45, 7) is 2.00. The van der Waals surface area contributed by atoms with E-state index in [-0.39, 0.29) is 24.0 Å². The van der Waals surface area contributed by atoms with Crippen LogP contribution in [0.15, 0.2) is 40.8 Å². The van der Waals surface area contributed by atoms with Crippen molar-refractivity contribution in [1.82, 2.24) is 4.90 Å². The maximum Gasteiger partial charge on any atom is 0.289 e. The summed E-state index contributed by atoms with van der Waals surface area (Å²) in [5, 5.41) is 0. The van der Waals surface area contributed by atoms with E-state index in [1.165, 1.54) is 11.0 Å². The second-order valence-electron chi connectivity index (χ2n) is 4.58. The van der Waals surface area contributed by atoms with Crippen molar-refractivity contribution in [3.05, 3.63) is 59.3 Å². The fourth-order valence-electron chi connectivity index (χ4n) is 1.97. The molecule has 0 spiro atoms. The lowest BCUT2D eigenvalue weighted by atomic mass is 10.1. The minimum atomic E-state index is -0.393. The van der Waals surface area contributed by atoms with Crippen LogP contribution in [0.5, 0.6) is 0 Å². The first kappa shape index (κ1) is 14.3. The van der Waals surface area contributed by atoms with Crippen LogP contribution in [-0.2, 0) is 6.54 Å². The number of halogens is 1. The predicted octanol–water partition coefficient (Wildman–Crippen LogP) is 2.71. The van der Waals surface area contributed by atoms with Gasteiger partial charge in [0.25, 0.3) is 5.91 Å². The Morgan fingerprint density at radius 2 is 2.05 bits per heavy atom. The first-order valence-electron chi connectivity index (χ1n) is 6.35. The van der Waals surface area contributed by atoms with Crippen molar-refractivity contribution in [2.75, 3.05) is 7.05 Å². The van der Waals surface area contributed by atoms with Crippen molar-refractivity contribution in [2.24, 2.45) is 5.73 Å². The van der Waals surface area contributed by atoms with Crippen molar-refractivity contribution >= 4 is 5.91 Å². The Hall–Kier alpha value is -2.14. The summed E-state index contributed by atoms with van der Waals surface area (Å²) in [6, 6.07) is 9.25. The van der Waals surface area contributed by atoms with Gasteiger partial charge in [-0.15, -0.1) is 0 Å². The quantitative estimate of drug-likeness (QED) is 0.934.